The van der Waals surface area contributed by atoms with E-state index in [4.69, 9.17) is 9.47 Å². The van der Waals surface area contributed by atoms with E-state index in [1.54, 1.807) is 20.3 Å². The molecule has 6 heteroatoms. The fraction of sp³-hybridized carbons (Fsp3) is 0.474. The lowest BCUT2D eigenvalue weighted by atomic mass is 9.79. The van der Waals surface area contributed by atoms with Crippen LogP contribution in [0.1, 0.15) is 23.3 Å². The van der Waals surface area contributed by atoms with Gasteiger partial charge in [0.15, 0.2) is 0 Å². The highest BCUT2D eigenvalue weighted by Crippen LogP contribution is 2.28. The average Bonchev–Trinajstić information content (AvgIpc) is 2.66. The highest BCUT2D eigenvalue weighted by molar-refractivity contribution is 5.95. The van der Waals surface area contributed by atoms with Gasteiger partial charge in [-0.3, -0.25) is 4.79 Å². The molecule has 0 aliphatic carbocycles. The van der Waals surface area contributed by atoms with Crippen LogP contribution < -0.4 is 15.4 Å². The molecule has 1 amide bonds. The van der Waals surface area contributed by atoms with Crippen molar-refractivity contribution >= 4 is 16.8 Å². The Morgan fingerprint density at radius 2 is 2.04 bits per heavy atom. The van der Waals surface area contributed by atoms with E-state index in [1.807, 2.05) is 24.3 Å². The number of carbonyl (C=O) groups excluding carboxylic acids is 1. The van der Waals surface area contributed by atoms with Gasteiger partial charge in [-0.15, -0.1) is 0 Å². The molecule has 25 heavy (non-hydrogen) atoms. The third-order valence-corrected chi connectivity index (χ3v) is 4.87. The quantitative estimate of drug-likeness (QED) is 0.839. The lowest BCUT2D eigenvalue weighted by Gasteiger charge is -2.37. The Bertz CT molecular complexity index is 736. The van der Waals surface area contributed by atoms with Crippen molar-refractivity contribution < 1.29 is 14.3 Å². The summed E-state index contributed by atoms with van der Waals surface area (Å²) in [4.78, 5) is 17.0. The first kappa shape index (κ1) is 17.6. The lowest BCUT2D eigenvalue weighted by Crippen LogP contribution is -2.47. The first-order chi connectivity index (χ1) is 12.2. The molecule has 0 atom stereocenters. The number of amides is 1. The van der Waals surface area contributed by atoms with Crippen LogP contribution in [0.5, 0.6) is 5.75 Å². The number of methoxy groups -OCH3 is 2. The van der Waals surface area contributed by atoms with E-state index < -0.39 is 0 Å². The second-order valence-electron chi connectivity index (χ2n) is 6.62. The first-order valence-corrected chi connectivity index (χ1v) is 8.58. The zero-order chi connectivity index (χ0) is 17.7. The number of nitrogens with zero attached hydrogens (tertiary/aromatic N) is 1. The van der Waals surface area contributed by atoms with Gasteiger partial charge in [0.05, 0.1) is 19.2 Å². The van der Waals surface area contributed by atoms with Crippen LogP contribution in [-0.2, 0) is 4.74 Å². The molecule has 1 aliphatic rings. The van der Waals surface area contributed by atoms with Gasteiger partial charge in [0.25, 0.3) is 5.91 Å². The summed E-state index contributed by atoms with van der Waals surface area (Å²) >= 11 is 0. The third-order valence-electron chi connectivity index (χ3n) is 4.87. The van der Waals surface area contributed by atoms with Crippen LogP contribution in [0.15, 0.2) is 30.3 Å². The maximum Gasteiger partial charge on any atom is 0.269 e. The van der Waals surface area contributed by atoms with Crippen LogP contribution in [0.4, 0.5) is 0 Å². The molecule has 2 N–H and O–H groups in total. The van der Waals surface area contributed by atoms with Crippen molar-refractivity contribution in [2.45, 2.75) is 12.8 Å². The van der Waals surface area contributed by atoms with E-state index >= 15 is 0 Å². The molecule has 1 aromatic carbocycles. The van der Waals surface area contributed by atoms with Crippen molar-refractivity contribution in [3.63, 3.8) is 0 Å². The van der Waals surface area contributed by atoms with Gasteiger partial charge in [-0.25, -0.2) is 4.98 Å². The second kappa shape index (κ2) is 7.80. The number of carbonyl (C=O) groups is 1. The molecule has 1 aromatic heterocycles. The topological polar surface area (TPSA) is 72.5 Å². The lowest BCUT2D eigenvalue weighted by molar-refractivity contribution is 0.0511. The van der Waals surface area contributed by atoms with Gasteiger partial charge in [-0.2, -0.15) is 0 Å². The van der Waals surface area contributed by atoms with Gasteiger partial charge in [0, 0.05) is 24.5 Å². The van der Waals surface area contributed by atoms with E-state index in [0.29, 0.717) is 18.8 Å². The summed E-state index contributed by atoms with van der Waals surface area (Å²) in [5, 5.41) is 7.35. The maximum atomic E-state index is 12.5. The number of piperidine rings is 1. The van der Waals surface area contributed by atoms with Crippen LogP contribution in [0.25, 0.3) is 10.9 Å². The number of ether oxygens (including phenoxy) is 2. The molecular formula is C19H25N3O3. The van der Waals surface area contributed by atoms with Gasteiger partial charge >= 0.3 is 0 Å². The Balaban J connectivity index is 1.71. The molecule has 0 radical (unpaired) electrons. The van der Waals surface area contributed by atoms with E-state index in [9.17, 15) is 4.79 Å². The van der Waals surface area contributed by atoms with Gasteiger partial charge in [0.2, 0.25) is 0 Å². The summed E-state index contributed by atoms with van der Waals surface area (Å²) in [7, 11) is 3.35. The summed E-state index contributed by atoms with van der Waals surface area (Å²) in [6.45, 7) is 3.16. The summed E-state index contributed by atoms with van der Waals surface area (Å²) < 4.78 is 10.6. The highest BCUT2D eigenvalue weighted by atomic mass is 16.5. The average molecular weight is 343 g/mol. The Morgan fingerprint density at radius 3 is 2.76 bits per heavy atom. The SMILES string of the molecule is COCC1(CNC(=O)c2ccc3cc(OC)ccc3n2)CCNCC1. The number of fused-ring (bicyclic) bond motifs is 1. The third kappa shape index (κ3) is 4.08. The van der Waals surface area contributed by atoms with Crippen molar-refractivity contribution in [1.29, 1.82) is 0 Å². The van der Waals surface area contributed by atoms with Crippen LogP contribution >= 0.6 is 0 Å². The van der Waals surface area contributed by atoms with E-state index in [-0.39, 0.29) is 11.3 Å². The molecule has 3 rings (SSSR count). The number of aromatic nitrogens is 1. The number of hydrogen-bond acceptors (Lipinski definition) is 5. The van der Waals surface area contributed by atoms with Crippen molar-refractivity contribution in [2.75, 3.05) is 40.5 Å². The van der Waals surface area contributed by atoms with Gasteiger partial charge < -0.3 is 20.1 Å². The van der Waals surface area contributed by atoms with Gasteiger partial charge in [0.1, 0.15) is 11.4 Å². The summed E-state index contributed by atoms with van der Waals surface area (Å²) in [5.74, 6) is 0.630. The molecule has 0 unspecified atom stereocenters. The number of rotatable bonds is 6. The molecule has 134 valence electrons. The molecule has 0 bridgehead atoms. The number of hydrogen-bond donors (Lipinski definition) is 2. The normalized spacial score (nSPS) is 16.6. The van der Waals surface area contributed by atoms with Crippen molar-refractivity contribution in [1.82, 2.24) is 15.6 Å². The summed E-state index contributed by atoms with van der Waals surface area (Å²) in [5.41, 5.74) is 1.21. The molecular weight excluding hydrogens is 318 g/mol. The van der Waals surface area contributed by atoms with Crippen LogP contribution in [0.3, 0.4) is 0 Å². The smallest absolute Gasteiger partial charge is 0.269 e. The molecule has 1 aliphatic heterocycles. The monoisotopic (exact) mass is 343 g/mol. The Labute approximate surface area is 147 Å². The van der Waals surface area contributed by atoms with Crippen molar-refractivity contribution in [3.8, 4) is 5.75 Å². The Kier molecular flexibility index (Phi) is 5.50. The van der Waals surface area contributed by atoms with Gasteiger partial charge in [-0.05, 0) is 50.2 Å². The Hall–Kier alpha value is -2.18. The minimum absolute atomic E-state index is 0.000124. The predicted octanol–water partition coefficient (Wildman–Crippen LogP) is 1.99. The summed E-state index contributed by atoms with van der Waals surface area (Å²) in [6, 6.07) is 9.27. The van der Waals surface area contributed by atoms with E-state index in [0.717, 1.165) is 42.6 Å². The second-order valence-corrected chi connectivity index (χ2v) is 6.62. The standard InChI is InChI=1S/C19H25N3O3/c1-24-13-19(7-9-20-10-8-19)12-21-18(23)17-5-3-14-11-15(25-2)4-6-16(14)22-17/h3-6,11,20H,7-10,12-13H2,1-2H3,(H,21,23). The largest absolute Gasteiger partial charge is 0.497 e. The van der Waals surface area contributed by atoms with E-state index in [1.165, 1.54) is 0 Å². The van der Waals surface area contributed by atoms with Crippen molar-refractivity contribution in [2.24, 2.45) is 5.41 Å². The highest BCUT2D eigenvalue weighted by Gasteiger charge is 2.32. The molecule has 1 saturated heterocycles. The van der Waals surface area contributed by atoms with E-state index in [2.05, 4.69) is 15.6 Å². The number of benzene rings is 1. The predicted molar refractivity (Wildman–Crippen MR) is 97.0 cm³/mol. The van der Waals surface area contributed by atoms with Crippen LogP contribution in [-0.4, -0.2) is 51.4 Å². The number of nitrogens with one attached hydrogen (secondary N) is 2. The maximum absolute atomic E-state index is 12.5. The minimum atomic E-state index is -0.147. The number of pyridine rings is 1. The molecule has 2 heterocycles. The fourth-order valence-electron chi connectivity index (χ4n) is 3.35. The first-order valence-electron chi connectivity index (χ1n) is 8.58. The molecule has 0 saturated carbocycles. The summed E-state index contributed by atoms with van der Waals surface area (Å²) in [6.07, 6.45) is 1.98. The zero-order valence-corrected chi connectivity index (χ0v) is 14.8. The fourth-order valence-corrected chi connectivity index (χ4v) is 3.35. The minimum Gasteiger partial charge on any atom is -0.497 e. The zero-order valence-electron chi connectivity index (χ0n) is 14.8. The molecule has 6 nitrogen and oxygen atoms in total. The Morgan fingerprint density at radius 1 is 1.24 bits per heavy atom. The molecule has 0 spiro atoms. The molecule has 2 aromatic rings. The van der Waals surface area contributed by atoms with Crippen molar-refractivity contribution in [3.05, 3.63) is 36.0 Å². The van der Waals surface area contributed by atoms with Gasteiger partial charge in [-0.1, -0.05) is 6.07 Å². The van der Waals surface area contributed by atoms with Crippen LogP contribution in [0.2, 0.25) is 0 Å². The van der Waals surface area contributed by atoms with Crippen LogP contribution in [0, 0.1) is 5.41 Å². The molecule has 1 fully saturated rings.